The molecule has 0 spiro atoms. The van der Waals surface area contributed by atoms with Gasteiger partial charge in [-0.15, -0.1) is 11.3 Å². The highest BCUT2D eigenvalue weighted by Crippen LogP contribution is 2.15. The molecule has 0 atom stereocenters. The molecule has 0 aliphatic carbocycles. The second-order valence-corrected chi connectivity index (χ2v) is 6.79. The van der Waals surface area contributed by atoms with Crippen molar-refractivity contribution in [2.45, 2.75) is 33.4 Å². The van der Waals surface area contributed by atoms with E-state index < -0.39 is 0 Å². The molecule has 0 aliphatic heterocycles. The van der Waals surface area contributed by atoms with E-state index in [0.717, 1.165) is 32.6 Å². The highest BCUT2D eigenvalue weighted by Gasteiger charge is 2.03. The normalized spacial score (nSPS) is 11.2. The van der Waals surface area contributed by atoms with Crippen molar-refractivity contribution in [1.29, 1.82) is 0 Å². The van der Waals surface area contributed by atoms with E-state index in [2.05, 4.69) is 66.4 Å². The standard InChI is InChI=1S/C17H25N3S/c1-14-15(2)21-17(19-14)12-18-10-7-11-20(3)13-16-8-5-4-6-9-16/h4-6,8-9,18H,7,10-13H2,1-3H3. The van der Waals surface area contributed by atoms with Crippen molar-refractivity contribution in [3.8, 4) is 0 Å². The number of nitrogens with one attached hydrogen (secondary N) is 1. The Labute approximate surface area is 132 Å². The maximum atomic E-state index is 4.54. The first-order chi connectivity index (χ1) is 10.1. The zero-order chi connectivity index (χ0) is 15.1. The second-order valence-electron chi connectivity index (χ2n) is 5.50. The molecule has 0 radical (unpaired) electrons. The van der Waals surface area contributed by atoms with E-state index in [-0.39, 0.29) is 0 Å². The molecule has 0 fully saturated rings. The van der Waals surface area contributed by atoms with Gasteiger partial charge in [-0.25, -0.2) is 4.98 Å². The molecule has 2 aromatic rings. The number of thiazole rings is 1. The molecule has 114 valence electrons. The van der Waals surface area contributed by atoms with Crippen LogP contribution in [-0.4, -0.2) is 30.0 Å². The summed E-state index contributed by atoms with van der Waals surface area (Å²) in [5.74, 6) is 0. The third-order valence-electron chi connectivity index (χ3n) is 3.54. The Balaban J connectivity index is 1.59. The second kappa shape index (κ2) is 8.27. The van der Waals surface area contributed by atoms with Gasteiger partial charge in [0, 0.05) is 18.0 Å². The lowest BCUT2D eigenvalue weighted by Gasteiger charge is -2.16. The molecule has 1 aromatic carbocycles. The topological polar surface area (TPSA) is 28.2 Å². The van der Waals surface area contributed by atoms with Crippen molar-refractivity contribution in [3.05, 3.63) is 51.5 Å². The lowest BCUT2D eigenvalue weighted by atomic mass is 10.2. The van der Waals surface area contributed by atoms with Gasteiger partial charge in [-0.2, -0.15) is 0 Å². The predicted octanol–water partition coefficient (Wildman–Crippen LogP) is 3.37. The number of aryl methyl sites for hydroxylation is 2. The monoisotopic (exact) mass is 303 g/mol. The van der Waals surface area contributed by atoms with Crippen LogP contribution < -0.4 is 5.32 Å². The number of rotatable bonds is 8. The van der Waals surface area contributed by atoms with Crippen molar-refractivity contribution in [2.75, 3.05) is 20.1 Å². The van der Waals surface area contributed by atoms with Crippen LogP contribution >= 0.6 is 11.3 Å². The van der Waals surface area contributed by atoms with Crippen molar-refractivity contribution < 1.29 is 0 Å². The third kappa shape index (κ3) is 5.58. The Morgan fingerprint density at radius 2 is 1.95 bits per heavy atom. The summed E-state index contributed by atoms with van der Waals surface area (Å²) in [5, 5.41) is 4.68. The van der Waals surface area contributed by atoms with E-state index >= 15 is 0 Å². The highest BCUT2D eigenvalue weighted by molar-refractivity contribution is 7.11. The molecule has 4 heteroatoms. The SMILES string of the molecule is Cc1nc(CNCCCN(C)Cc2ccccc2)sc1C. The zero-order valence-electron chi connectivity index (χ0n) is 13.2. The van der Waals surface area contributed by atoms with Gasteiger partial charge in [0.05, 0.1) is 5.69 Å². The molecule has 0 bridgehead atoms. The van der Waals surface area contributed by atoms with E-state index in [1.165, 1.54) is 21.1 Å². The minimum Gasteiger partial charge on any atom is -0.310 e. The van der Waals surface area contributed by atoms with Gasteiger partial charge < -0.3 is 10.2 Å². The smallest absolute Gasteiger partial charge is 0.107 e. The molecular weight excluding hydrogens is 278 g/mol. The fraction of sp³-hybridized carbons (Fsp3) is 0.471. The molecule has 1 heterocycles. The molecule has 1 aromatic heterocycles. The van der Waals surface area contributed by atoms with Gasteiger partial charge >= 0.3 is 0 Å². The van der Waals surface area contributed by atoms with Crippen LogP contribution in [0.4, 0.5) is 0 Å². The van der Waals surface area contributed by atoms with Crippen LogP contribution in [0.3, 0.4) is 0 Å². The van der Waals surface area contributed by atoms with E-state index in [1.54, 1.807) is 11.3 Å². The molecular formula is C17H25N3S. The largest absolute Gasteiger partial charge is 0.310 e. The Bertz CT molecular complexity index is 517. The van der Waals surface area contributed by atoms with Gasteiger partial charge in [-0.1, -0.05) is 30.3 Å². The van der Waals surface area contributed by atoms with Crippen LogP contribution in [0.1, 0.15) is 27.6 Å². The molecule has 21 heavy (non-hydrogen) atoms. The Morgan fingerprint density at radius 1 is 1.19 bits per heavy atom. The molecule has 0 unspecified atom stereocenters. The van der Waals surface area contributed by atoms with E-state index in [0.29, 0.717) is 0 Å². The predicted molar refractivity (Wildman–Crippen MR) is 90.7 cm³/mol. The zero-order valence-corrected chi connectivity index (χ0v) is 14.0. The van der Waals surface area contributed by atoms with Crippen LogP contribution in [0, 0.1) is 13.8 Å². The van der Waals surface area contributed by atoms with Gasteiger partial charge in [-0.05, 0) is 46.0 Å². The molecule has 0 saturated carbocycles. The third-order valence-corrected chi connectivity index (χ3v) is 4.61. The summed E-state index contributed by atoms with van der Waals surface area (Å²) in [6, 6.07) is 10.6. The number of hydrogen-bond donors (Lipinski definition) is 1. The van der Waals surface area contributed by atoms with Crippen molar-refractivity contribution in [1.82, 2.24) is 15.2 Å². The Hall–Kier alpha value is -1.23. The summed E-state index contributed by atoms with van der Waals surface area (Å²) in [5.41, 5.74) is 2.54. The van der Waals surface area contributed by atoms with E-state index in [4.69, 9.17) is 0 Å². The first-order valence-corrected chi connectivity index (χ1v) is 8.33. The highest BCUT2D eigenvalue weighted by atomic mass is 32.1. The minimum absolute atomic E-state index is 0.891. The molecule has 1 N–H and O–H groups in total. The van der Waals surface area contributed by atoms with Gasteiger partial charge in [0.15, 0.2) is 0 Å². The molecule has 3 nitrogen and oxygen atoms in total. The first kappa shape index (κ1) is 16.1. The Morgan fingerprint density at radius 3 is 2.62 bits per heavy atom. The van der Waals surface area contributed by atoms with Crippen LogP contribution in [0.15, 0.2) is 30.3 Å². The van der Waals surface area contributed by atoms with Gasteiger partial charge in [0.1, 0.15) is 5.01 Å². The molecule has 2 rings (SSSR count). The summed E-state index contributed by atoms with van der Waals surface area (Å²) >= 11 is 1.80. The molecule has 0 saturated heterocycles. The lowest BCUT2D eigenvalue weighted by molar-refractivity contribution is 0.319. The van der Waals surface area contributed by atoms with Crippen molar-refractivity contribution in [2.24, 2.45) is 0 Å². The number of aromatic nitrogens is 1. The van der Waals surface area contributed by atoms with Crippen LogP contribution in [-0.2, 0) is 13.1 Å². The summed E-state index contributed by atoms with van der Waals surface area (Å²) < 4.78 is 0. The van der Waals surface area contributed by atoms with Gasteiger partial charge in [-0.3, -0.25) is 0 Å². The van der Waals surface area contributed by atoms with Crippen LogP contribution in [0.5, 0.6) is 0 Å². The maximum absolute atomic E-state index is 4.54. The summed E-state index contributed by atoms with van der Waals surface area (Å²) in [4.78, 5) is 8.24. The van der Waals surface area contributed by atoms with Crippen LogP contribution in [0.2, 0.25) is 0 Å². The molecule has 0 aliphatic rings. The maximum Gasteiger partial charge on any atom is 0.107 e. The summed E-state index contributed by atoms with van der Waals surface area (Å²) in [6.07, 6.45) is 1.16. The summed E-state index contributed by atoms with van der Waals surface area (Å²) in [6.45, 7) is 8.27. The van der Waals surface area contributed by atoms with Crippen molar-refractivity contribution in [3.63, 3.8) is 0 Å². The van der Waals surface area contributed by atoms with Gasteiger partial charge in [0.25, 0.3) is 0 Å². The van der Waals surface area contributed by atoms with Crippen molar-refractivity contribution >= 4 is 11.3 Å². The average molecular weight is 303 g/mol. The Kier molecular flexibility index (Phi) is 6.36. The number of hydrogen-bond acceptors (Lipinski definition) is 4. The average Bonchev–Trinajstić information content (AvgIpc) is 2.78. The first-order valence-electron chi connectivity index (χ1n) is 7.51. The van der Waals surface area contributed by atoms with E-state index in [9.17, 15) is 0 Å². The fourth-order valence-electron chi connectivity index (χ4n) is 2.26. The van der Waals surface area contributed by atoms with E-state index in [1.807, 2.05) is 0 Å². The minimum atomic E-state index is 0.891. The number of benzene rings is 1. The number of nitrogens with zero attached hydrogens (tertiary/aromatic N) is 2. The van der Waals surface area contributed by atoms with Crippen LogP contribution in [0.25, 0.3) is 0 Å². The lowest BCUT2D eigenvalue weighted by Crippen LogP contribution is -2.23. The molecule has 0 amide bonds. The van der Waals surface area contributed by atoms with Gasteiger partial charge in [0.2, 0.25) is 0 Å². The summed E-state index contributed by atoms with van der Waals surface area (Å²) in [7, 11) is 2.18. The fourth-order valence-corrected chi connectivity index (χ4v) is 3.16. The quantitative estimate of drug-likeness (QED) is 0.758.